The molecule has 0 spiro atoms. The molecule has 4 heteroatoms. The number of benzene rings is 1. The molecule has 2 unspecified atom stereocenters. The summed E-state index contributed by atoms with van der Waals surface area (Å²) in [5.74, 6) is 1.86. The van der Waals surface area contributed by atoms with Crippen LogP contribution < -0.4 is 10.1 Å². The lowest BCUT2D eigenvalue weighted by Crippen LogP contribution is -2.43. The van der Waals surface area contributed by atoms with Crippen LogP contribution in [0.2, 0.25) is 0 Å². The van der Waals surface area contributed by atoms with Gasteiger partial charge >= 0.3 is 0 Å². The van der Waals surface area contributed by atoms with Crippen LogP contribution in [0.4, 0.5) is 0 Å². The molecule has 0 saturated carbocycles. The van der Waals surface area contributed by atoms with Gasteiger partial charge in [-0.1, -0.05) is 12.1 Å². The third kappa shape index (κ3) is 4.35. The van der Waals surface area contributed by atoms with Crippen LogP contribution in [-0.4, -0.2) is 36.7 Å². The number of piperidine rings is 1. The van der Waals surface area contributed by atoms with Gasteiger partial charge in [0.05, 0.1) is 6.10 Å². The van der Waals surface area contributed by atoms with E-state index in [1.165, 1.54) is 38.0 Å². The van der Waals surface area contributed by atoms with Gasteiger partial charge in [0, 0.05) is 19.1 Å². The van der Waals surface area contributed by atoms with Gasteiger partial charge in [-0.05, 0) is 63.4 Å². The normalized spacial score (nSPS) is 25.5. The van der Waals surface area contributed by atoms with E-state index in [2.05, 4.69) is 48.3 Å². The average molecular weight is 311 g/mol. The summed E-state index contributed by atoms with van der Waals surface area (Å²) < 4.78 is 5.78. The summed E-state index contributed by atoms with van der Waals surface area (Å²) in [6.45, 7) is 8.87. The quantitative estimate of drug-likeness (QED) is 0.925. The lowest BCUT2D eigenvalue weighted by molar-refractivity contribution is 0.155. The largest absolute Gasteiger partial charge is 0.491 e. The maximum Gasteiger partial charge on any atom is 0.120 e. The third-order valence-electron chi connectivity index (χ3n) is 4.42. The highest BCUT2D eigenvalue weighted by atomic mass is 35.5. The zero-order valence-corrected chi connectivity index (χ0v) is 13.9. The molecule has 2 atom stereocenters. The topological polar surface area (TPSA) is 24.5 Å². The van der Waals surface area contributed by atoms with Gasteiger partial charge in [0.25, 0.3) is 0 Å². The Bertz CT molecular complexity index is 452. The van der Waals surface area contributed by atoms with E-state index in [4.69, 9.17) is 4.74 Å². The predicted molar refractivity (Wildman–Crippen MR) is 89.2 cm³/mol. The van der Waals surface area contributed by atoms with Crippen molar-refractivity contribution in [2.24, 2.45) is 5.92 Å². The number of nitrogens with one attached hydrogen (secondary N) is 1. The number of hydrogen-bond acceptors (Lipinski definition) is 3. The fourth-order valence-corrected chi connectivity index (χ4v) is 3.51. The van der Waals surface area contributed by atoms with Crippen LogP contribution in [0.5, 0.6) is 5.75 Å². The maximum absolute atomic E-state index is 5.78. The van der Waals surface area contributed by atoms with Crippen LogP contribution in [0.15, 0.2) is 24.3 Å². The highest BCUT2D eigenvalue weighted by molar-refractivity contribution is 5.85. The SMILES string of the molecule is CC(C)Oc1cccc(CN2CCC3NCCC3C2)c1.Cl. The maximum atomic E-state index is 5.78. The summed E-state index contributed by atoms with van der Waals surface area (Å²) in [5, 5.41) is 3.63. The van der Waals surface area contributed by atoms with Crippen molar-refractivity contribution in [3.05, 3.63) is 29.8 Å². The molecule has 2 fully saturated rings. The molecule has 0 aromatic heterocycles. The molecule has 21 heavy (non-hydrogen) atoms. The van der Waals surface area contributed by atoms with E-state index < -0.39 is 0 Å². The summed E-state index contributed by atoms with van der Waals surface area (Å²) >= 11 is 0. The molecule has 1 aromatic carbocycles. The molecular weight excluding hydrogens is 284 g/mol. The van der Waals surface area contributed by atoms with Gasteiger partial charge in [-0.25, -0.2) is 0 Å². The van der Waals surface area contributed by atoms with Gasteiger partial charge in [0.1, 0.15) is 5.75 Å². The molecule has 3 nitrogen and oxygen atoms in total. The summed E-state index contributed by atoms with van der Waals surface area (Å²) in [4.78, 5) is 2.60. The second-order valence-electron chi connectivity index (χ2n) is 6.45. The number of hydrogen-bond donors (Lipinski definition) is 1. The number of nitrogens with zero attached hydrogens (tertiary/aromatic N) is 1. The van der Waals surface area contributed by atoms with E-state index in [9.17, 15) is 0 Å². The Labute approximate surface area is 134 Å². The number of likely N-dealkylation sites (tertiary alicyclic amines) is 1. The van der Waals surface area contributed by atoms with Crippen molar-refractivity contribution < 1.29 is 4.74 Å². The minimum absolute atomic E-state index is 0. The van der Waals surface area contributed by atoms with Gasteiger partial charge in [0.15, 0.2) is 0 Å². The monoisotopic (exact) mass is 310 g/mol. The number of rotatable bonds is 4. The molecule has 0 bridgehead atoms. The molecule has 1 N–H and O–H groups in total. The molecule has 0 aliphatic carbocycles. The number of fused-ring (bicyclic) bond motifs is 1. The smallest absolute Gasteiger partial charge is 0.120 e. The molecule has 2 saturated heterocycles. The first-order valence-corrected chi connectivity index (χ1v) is 7.92. The van der Waals surface area contributed by atoms with Crippen LogP contribution in [0.3, 0.4) is 0 Å². The van der Waals surface area contributed by atoms with E-state index >= 15 is 0 Å². The van der Waals surface area contributed by atoms with Gasteiger partial charge in [-0.2, -0.15) is 0 Å². The standard InChI is InChI=1S/C17H26N2O.ClH/c1-13(2)20-16-5-3-4-14(10-16)11-19-9-7-17-15(12-19)6-8-18-17;/h3-5,10,13,15,17-18H,6-9,11-12H2,1-2H3;1H. The Kier molecular flexibility index (Phi) is 5.91. The summed E-state index contributed by atoms with van der Waals surface area (Å²) in [5.41, 5.74) is 1.37. The first kappa shape index (κ1) is 16.6. The summed E-state index contributed by atoms with van der Waals surface area (Å²) in [7, 11) is 0. The Morgan fingerprint density at radius 2 is 2.19 bits per heavy atom. The van der Waals surface area contributed by atoms with Gasteiger partial charge in [-0.3, -0.25) is 4.90 Å². The zero-order chi connectivity index (χ0) is 13.9. The fourth-order valence-electron chi connectivity index (χ4n) is 3.51. The highest BCUT2D eigenvalue weighted by Crippen LogP contribution is 2.26. The highest BCUT2D eigenvalue weighted by Gasteiger charge is 2.32. The first-order valence-electron chi connectivity index (χ1n) is 7.92. The van der Waals surface area contributed by atoms with E-state index in [0.717, 1.165) is 24.3 Å². The minimum atomic E-state index is 0. The minimum Gasteiger partial charge on any atom is -0.491 e. The van der Waals surface area contributed by atoms with Gasteiger partial charge in [-0.15, -0.1) is 12.4 Å². The van der Waals surface area contributed by atoms with Crippen LogP contribution in [-0.2, 0) is 6.54 Å². The second-order valence-corrected chi connectivity index (χ2v) is 6.45. The second kappa shape index (κ2) is 7.48. The van der Waals surface area contributed by atoms with Crippen molar-refractivity contribution in [1.82, 2.24) is 10.2 Å². The van der Waals surface area contributed by atoms with E-state index in [1.807, 2.05) is 0 Å². The third-order valence-corrected chi connectivity index (χ3v) is 4.42. The van der Waals surface area contributed by atoms with Crippen LogP contribution in [0.25, 0.3) is 0 Å². The number of ether oxygens (including phenoxy) is 1. The Morgan fingerprint density at radius 3 is 3.00 bits per heavy atom. The predicted octanol–water partition coefficient (Wildman–Crippen LogP) is 3.08. The summed E-state index contributed by atoms with van der Waals surface area (Å²) in [6, 6.07) is 9.35. The number of halogens is 1. The Balaban J connectivity index is 0.00000161. The molecule has 2 heterocycles. The molecule has 0 radical (unpaired) electrons. The van der Waals surface area contributed by atoms with Gasteiger partial charge in [0.2, 0.25) is 0 Å². The van der Waals surface area contributed by atoms with Crippen molar-refractivity contribution in [1.29, 1.82) is 0 Å². The van der Waals surface area contributed by atoms with Crippen molar-refractivity contribution in [3.8, 4) is 5.75 Å². The van der Waals surface area contributed by atoms with Gasteiger partial charge < -0.3 is 10.1 Å². The molecule has 2 aliphatic heterocycles. The zero-order valence-electron chi connectivity index (χ0n) is 13.0. The average Bonchev–Trinajstić information content (AvgIpc) is 2.85. The van der Waals surface area contributed by atoms with Crippen molar-refractivity contribution in [2.75, 3.05) is 19.6 Å². The molecule has 2 aliphatic rings. The lowest BCUT2D eigenvalue weighted by atomic mass is 9.93. The molecule has 118 valence electrons. The Morgan fingerprint density at radius 1 is 1.33 bits per heavy atom. The molecule has 3 rings (SSSR count). The Hall–Kier alpha value is -0.770. The van der Waals surface area contributed by atoms with Crippen LogP contribution in [0, 0.1) is 5.92 Å². The van der Waals surface area contributed by atoms with Crippen molar-refractivity contribution >= 4 is 12.4 Å². The first-order chi connectivity index (χ1) is 9.70. The lowest BCUT2D eigenvalue weighted by Gasteiger charge is -2.34. The van der Waals surface area contributed by atoms with Crippen LogP contribution in [0.1, 0.15) is 32.3 Å². The van der Waals surface area contributed by atoms with Crippen LogP contribution >= 0.6 is 12.4 Å². The van der Waals surface area contributed by atoms with E-state index in [1.54, 1.807) is 0 Å². The fraction of sp³-hybridized carbons (Fsp3) is 0.647. The van der Waals surface area contributed by atoms with Crippen molar-refractivity contribution in [3.63, 3.8) is 0 Å². The molecule has 1 aromatic rings. The van der Waals surface area contributed by atoms with E-state index in [0.29, 0.717) is 0 Å². The van der Waals surface area contributed by atoms with E-state index in [-0.39, 0.29) is 18.5 Å². The molecule has 0 amide bonds. The molecular formula is C17H27ClN2O. The van der Waals surface area contributed by atoms with Crippen molar-refractivity contribution in [2.45, 2.75) is 45.4 Å². The summed E-state index contributed by atoms with van der Waals surface area (Å²) in [6.07, 6.45) is 2.88.